The molecule has 0 aliphatic carbocycles. The molecule has 134 valence electrons. The average molecular weight is 350 g/mol. The Balaban J connectivity index is 1.67. The van der Waals surface area contributed by atoms with Crippen LogP contribution in [0.15, 0.2) is 30.7 Å². The summed E-state index contributed by atoms with van der Waals surface area (Å²) in [6.45, 7) is 4.74. The first-order chi connectivity index (χ1) is 12.7. The lowest BCUT2D eigenvalue weighted by molar-refractivity contribution is 0.0726. The van der Waals surface area contributed by atoms with Crippen molar-refractivity contribution in [1.82, 2.24) is 30.3 Å². The van der Waals surface area contributed by atoms with Gasteiger partial charge >= 0.3 is 0 Å². The van der Waals surface area contributed by atoms with Gasteiger partial charge in [-0.1, -0.05) is 6.92 Å². The summed E-state index contributed by atoms with van der Waals surface area (Å²) in [6.07, 6.45) is 8.07. The maximum Gasteiger partial charge on any atom is 0.275 e. The van der Waals surface area contributed by atoms with Gasteiger partial charge in [0, 0.05) is 35.8 Å². The van der Waals surface area contributed by atoms with Crippen molar-refractivity contribution >= 4 is 5.91 Å². The monoisotopic (exact) mass is 350 g/mol. The predicted octanol–water partition coefficient (Wildman–Crippen LogP) is 3.04. The molecule has 0 bridgehead atoms. The summed E-state index contributed by atoms with van der Waals surface area (Å²) in [7, 11) is 0. The second-order valence-corrected chi connectivity index (χ2v) is 6.62. The van der Waals surface area contributed by atoms with Crippen LogP contribution in [0.3, 0.4) is 0 Å². The number of carbonyl (C=O) groups is 1. The summed E-state index contributed by atoms with van der Waals surface area (Å²) in [4.78, 5) is 19.1. The SMILES string of the molecule is CCc1[nH]nc(C(=O)N2CCC[C@@H]2c2[nH]ncc2-c2ccncc2)c1C. The van der Waals surface area contributed by atoms with Crippen molar-refractivity contribution in [2.75, 3.05) is 6.54 Å². The third-order valence-electron chi connectivity index (χ3n) is 5.17. The van der Waals surface area contributed by atoms with Crippen molar-refractivity contribution in [2.45, 2.75) is 39.2 Å². The molecule has 0 saturated carbocycles. The molecule has 4 heterocycles. The van der Waals surface area contributed by atoms with Crippen LogP contribution in [0.2, 0.25) is 0 Å². The van der Waals surface area contributed by atoms with E-state index in [1.165, 1.54) is 0 Å². The normalized spacial score (nSPS) is 17.0. The molecule has 1 amide bonds. The Kier molecular flexibility index (Phi) is 4.28. The number of rotatable bonds is 4. The zero-order chi connectivity index (χ0) is 18.1. The van der Waals surface area contributed by atoms with E-state index in [1.807, 2.05) is 30.2 Å². The van der Waals surface area contributed by atoms with E-state index in [0.29, 0.717) is 5.69 Å². The Morgan fingerprint density at radius 3 is 2.85 bits per heavy atom. The highest BCUT2D eigenvalue weighted by Gasteiger charge is 2.35. The number of hydrogen-bond donors (Lipinski definition) is 2. The summed E-state index contributed by atoms with van der Waals surface area (Å²) in [5.41, 5.74) is 5.53. The number of aromatic amines is 2. The van der Waals surface area contributed by atoms with Crippen LogP contribution < -0.4 is 0 Å². The third kappa shape index (κ3) is 2.69. The van der Waals surface area contributed by atoms with Crippen LogP contribution in [0, 0.1) is 6.92 Å². The Labute approximate surface area is 151 Å². The van der Waals surface area contributed by atoms with Crippen molar-refractivity contribution in [1.29, 1.82) is 0 Å². The number of carbonyl (C=O) groups excluding carboxylic acids is 1. The number of amides is 1. The van der Waals surface area contributed by atoms with Gasteiger partial charge in [0.1, 0.15) is 0 Å². The van der Waals surface area contributed by atoms with Crippen molar-refractivity contribution in [3.63, 3.8) is 0 Å². The molecule has 0 radical (unpaired) electrons. The number of nitrogens with zero attached hydrogens (tertiary/aromatic N) is 4. The van der Waals surface area contributed by atoms with Gasteiger partial charge in [0.05, 0.1) is 17.9 Å². The molecule has 1 saturated heterocycles. The van der Waals surface area contributed by atoms with Crippen molar-refractivity contribution < 1.29 is 4.79 Å². The highest BCUT2D eigenvalue weighted by Crippen LogP contribution is 2.37. The number of H-pyrrole nitrogens is 2. The zero-order valence-electron chi connectivity index (χ0n) is 15.0. The molecule has 0 aromatic carbocycles. The summed E-state index contributed by atoms with van der Waals surface area (Å²) in [6, 6.07) is 3.90. The Morgan fingerprint density at radius 2 is 2.12 bits per heavy atom. The first-order valence-electron chi connectivity index (χ1n) is 8.99. The van der Waals surface area contributed by atoms with Crippen LogP contribution in [0.25, 0.3) is 11.1 Å². The van der Waals surface area contributed by atoms with Gasteiger partial charge in [-0.05, 0) is 43.9 Å². The van der Waals surface area contributed by atoms with Crippen LogP contribution in [-0.4, -0.2) is 42.7 Å². The van der Waals surface area contributed by atoms with Crippen LogP contribution in [0.5, 0.6) is 0 Å². The third-order valence-corrected chi connectivity index (χ3v) is 5.17. The number of nitrogens with one attached hydrogen (secondary N) is 2. The van der Waals surface area contributed by atoms with Crippen LogP contribution in [0.1, 0.15) is 53.2 Å². The zero-order valence-corrected chi connectivity index (χ0v) is 15.0. The topological polar surface area (TPSA) is 90.6 Å². The second kappa shape index (κ2) is 6.74. The number of likely N-dealkylation sites (tertiary alicyclic amines) is 1. The summed E-state index contributed by atoms with van der Waals surface area (Å²) < 4.78 is 0. The van der Waals surface area contributed by atoms with Crippen LogP contribution >= 0.6 is 0 Å². The quantitative estimate of drug-likeness (QED) is 0.757. The van der Waals surface area contributed by atoms with Gasteiger partial charge in [0.25, 0.3) is 5.91 Å². The molecule has 3 aromatic heterocycles. The predicted molar refractivity (Wildman–Crippen MR) is 97.5 cm³/mol. The molecular weight excluding hydrogens is 328 g/mol. The molecule has 4 rings (SSSR count). The summed E-state index contributed by atoms with van der Waals surface area (Å²) in [5.74, 6) is -0.0174. The Hall–Kier alpha value is -2.96. The van der Waals surface area contributed by atoms with E-state index < -0.39 is 0 Å². The van der Waals surface area contributed by atoms with E-state index in [9.17, 15) is 4.79 Å². The smallest absolute Gasteiger partial charge is 0.275 e. The molecule has 2 N–H and O–H groups in total. The highest BCUT2D eigenvalue weighted by molar-refractivity contribution is 5.94. The minimum atomic E-state index is -0.0191. The maximum atomic E-state index is 13.1. The first-order valence-corrected chi connectivity index (χ1v) is 8.99. The molecular formula is C19H22N6O. The van der Waals surface area contributed by atoms with E-state index in [-0.39, 0.29) is 11.9 Å². The van der Waals surface area contributed by atoms with Gasteiger partial charge < -0.3 is 4.90 Å². The van der Waals surface area contributed by atoms with Crippen molar-refractivity contribution in [2.24, 2.45) is 0 Å². The molecule has 1 atom stereocenters. The van der Waals surface area contributed by atoms with E-state index in [1.54, 1.807) is 12.4 Å². The van der Waals surface area contributed by atoms with E-state index >= 15 is 0 Å². The molecule has 26 heavy (non-hydrogen) atoms. The fourth-order valence-corrected chi connectivity index (χ4v) is 3.74. The van der Waals surface area contributed by atoms with Crippen molar-refractivity contribution in [3.8, 4) is 11.1 Å². The lowest BCUT2D eigenvalue weighted by Crippen LogP contribution is -2.31. The van der Waals surface area contributed by atoms with Crippen molar-refractivity contribution in [3.05, 3.63) is 53.4 Å². The number of hydrogen-bond acceptors (Lipinski definition) is 4. The molecule has 0 unspecified atom stereocenters. The number of aryl methyl sites for hydroxylation is 1. The van der Waals surface area contributed by atoms with Gasteiger partial charge in [-0.3, -0.25) is 20.0 Å². The fraction of sp³-hybridized carbons (Fsp3) is 0.368. The number of pyridine rings is 1. The highest BCUT2D eigenvalue weighted by atomic mass is 16.2. The average Bonchev–Trinajstić information content (AvgIpc) is 3.40. The molecule has 3 aromatic rings. The van der Waals surface area contributed by atoms with Crippen LogP contribution in [0.4, 0.5) is 0 Å². The Morgan fingerprint density at radius 1 is 1.31 bits per heavy atom. The first kappa shape index (κ1) is 16.5. The molecule has 1 aliphatic rings. The second-order valence-electron chi connectivity index (χ2n) is 6.62. The lowest BCUT2D eigenvalue weighted by Gasteiger charge is -2.24. The largest absolute Gasteiger partial charge is 0.329 e. The van der Waals surface area contributed by atoms with Gasteiger partial charge in [0.2, 0.25) is 0 Å². The summed E-state index contributed by atoms with van der Waals surface area (Å²) >= 11 is 0. The van der Waals surface area contributed by atoms with Gasteiger partial charge in [-0.15, -0.1) is 0 Å². The van der Waals surface area contributed by atoms with Crippen LogP contribution in [-0.2, 0) is 6.42 Å². The molecule has 1 fully saturated rings. The Bertz CT molecular complexity index is 913. The van der Waals surface area contributed by atoms with E-state index in [0.717, 1.165) is 53.9 Å². The van der Waals surface area contributed by atoms with Gasteiger partial charge in [0.15, 0.2) is 5.69 Å². The number of aromatic nitrogens is 5. The minimum Gasteiger partial charge on any atom is -0.329 e. The van der Waals surface area contributed by atoms with Gasteiger partial charge in [-0.2, -0.15) is 10.2 Å². The summed E-state index contributed by atoms with van der Waals surface area (Å²) in [5, 5.41) is 14.6. The fourth-order valence-electron chi connectivity index (χ4n) is 3.74. The standard InChI is InChI=1S/C19H22N6O/c1-3-15-12(2)17(24-22-15)19(26)25-10-4-5-16(25)18-14(11-21-23-18)13-6-8-20-9-7-13/h6-9,11,16H,3-5,10H2,1-2H3,(H,21,23)(H,22,24)/t16-/m1/s1. The van der Waals surface area contributed by atoms with E-state index in [2.05, 4.69) is 32.3 Å². The van der Waals surface area contributed by atoms with Gasteiger partial charge in [-0.25, -0.2) is 0 Å². The minimum absolute atomic E-state index is 0.0174. The molecule has 7 nitrogen and oxygen atoms in total. The molecule has 0 spiro atoms. The lowest BCUT2D eigenvalue weighted by atomic mass is 10.0. The maximum absolute atomic E-state index is 13.1. The molecule has 7 heteroatoms. The molecule has 1 aliphatic heterocycles. The van der Waals surface area contributed by atoms with E-state index in [4.69, 9.17) is 0 Å².